The minimum atomic E-state index is -0.770. The van der Waals surface area contributed by atoms with Crippen LogP contribution in [0.5, 0.6) is 0 Å². The number of fused-ring (bicyclic) bond motifs is 8. The number of benzene rings is 2. The summed E-state index contributed by atoms with van der Waals surface area (Å²) in [4.78, 5) is 88.9. The summed E-state index contributed by atoms with van der Waals surface area (Å²) in [7, 11) is 3.35. The zero-order valence-corrected chi connectivity index (χ0v) is 47.2. The van der Waals surface area contributed by atoms with Crippen molar-refractivity contribution in [2.75, 3.05) is 83.1 Å². The Labute approximate surface area is 475 Å². The van der Waals surface area contributed by atoms with Gasteiger partial charge in [-0.15, -0.1) is 16.9 Å². The molecular weight excluding hydrogens is 1060 g/mol. The van der Waals surface area contributed by atoms with Crippen LogP contribution in [0.1, 0.15) is 104 Å². The Balaban J connectivity index is 0.706. The summed E-state index contributed by atoms with van der Waals surface area (Å²) in [6.45, 7) is 17.5. The van der Waals surface area contributed by atoms with E-state index in [2.05, 4.69) is 31.9 Å². The van der Waals surface area contributed by atoms with Crippen molar-refractivity contribution >= 4 is 69.1 Å². The van der Waals surface area contributed by atoms with Crippen molar-refractivity contribution in [2.24, 2.45) is 10.9 Å². The van der Waals surface area contributed by atoms with Crippen molar-refractivity contribution in [3.05, 3.63) is 107 Å². The van der Waals surface area contributed by atoms with E-state index in [1.165, 1.54) is 35.2 Å². The van der Waals surface area contributed by atoms with E-state index >= 15 is 0 Å². The Morgan fingerprint density at radius 3 is 2.38 bits per heavy atom. The topological polar surface area (TPSA) is 214 Å². The molecule has 81 heavy (non-hydrogen) atoms. The molecule has 9 rings (SSSR count). The highest BCUT2D eigenvalue weighted by Gasteiger charge is 2.43. The van der Waals surface area contributed by atoms with Gasteiger partial charge in [0.05, 0.1) is 80.8 Å². The SMILES string of the molecule is [C-]#[N+]c1c2c(nn1CCCC(=O)CCOCCOCCC(=O)N1CCC([C@@H](NC(=O)[C@@H](C)NC)C(=O)N3CCC[C@@H]3C3=NC(C(=C)c4ccc(F)cc4)CS3)CC1)CN(C)C(=O)c1ccc(F)cc1[C@H]1CCCN1c1cc-2cnc1N. The smallest absolute Gasteiger partial charge is 0.260 e. The molecule has 5 aliphatic heterocycles. The van der Waals surface area contributed by atoms with Crippen LogP contribution in [0, 0.1) is 24.1 Å². The van der Waals surface area contributed by atoms with Gasteiger partial charge in [0.2, 0.25) is 17.7 Å². The molecule has 4 amide bonds. The van der Waals surface area contributed by atoms with Gasteiger partial charge in [0.1, 0.15) is 35.0 Å². The summed E-state index contributed by atoms with van der Waals surface area (Å²) in [6, 6.07) is 10.4. The number of nitrogens with two attached hydrogens (primary N) is 1. The summed E-state index contributed by atoms with van der Waals surface area (Å²) >= 11 is 1.61. The maximum Gasteiger partial charge on any atom is 0.260 e. The van der Waals surface area contributed by atoms with Crippen LogP contribution < -0.4 is 21.3 Å². The number of pyridine rings is 1. The number of hydrogen-bond donors (Lipinski definition) is 3. The third kappa shape index (κ3) is 13.5. The zero-order chi connectivity index (χ0) is 57.3. The summed E-state index contributed by atoms with van der Waals surface area (Å²) < 4.78 is 41.4. The first-order valence-corrected chi connectivity index (χ1v) is 29.0. The second-order valence-electron chi connectivity index (χ2n) is 21.5. The normalized spacial score (nSPS) is 19.9. The molecule has 430 valence electrons. The number of likely N-dealkylation sites (tertiary alicyclic amines) is 2. The average molecular weight is 1130 g/mol. The minimum Gasteiger partial charge on any atom is -0.382 e. The van der Waals surface area contributed by atoms with Gasteiger partial charge in [0, 0.05) is 69.1 Å². The minimum absolute atomic E-state index is 0.0153. The second-order valence-corrected chi connectivity index (χ2v) is 22.5. The molecule has 1 unspecified atom stereocenters. The number of nitrogens with one attached hydrogen (secondary N) is 2. The van der Waals surface area contributed by atoms with Crippen LogP contribution in [0.15, 0.2) is 66.3 Å². The van der Waals surface area contributed by atoms with Crippen molar-refractivity contribution in [3.63, 3.8) is 0 Å². The molecule has 0 aliphatic carbocycles. The molecule has 3 fully saturated rings. The van der Waals surface area contributed by atoms with Crippen molar-refractivity contribution < 1.29 is 42.2 Å². The number of halogens is 2. The number of amides is 4. The van der Waals surface area contributed by atoms with Crippen molar-refractivity contribution in [1.82, 2.24) is 40.1 Å². The Morgan fingerprint density at radius 2 is 1.64 bits per heavy atom. The number of carbonyl (C=O) groups excluding carboxylic acids is 5. The van der Waals surface area contributed by atoms with Crippen molar-refractivity contribution in [2.45, 2.75) is 114 Å². The first-order valence-electron chi connectivity index (χ1n) is 28.1. The van der Waals surface area contributed by atoms with Gasteiger partial charge in [0.25, 0.3) is 11.7 Å². The van der Waals surface area contributed by atoms with Crippen LogP contribution in [-0.2, 0) is 41.7 Å². The van der Waals surface area contributed by atoms with Crippen LogP contribution in [0.4, 0.5) is 26.1 Å². The lowest BCUT2D eigenvalue weighted by Crippen LogP contribution is -2.58. The third-order valence-corrected chi connectivity index (χ3v) is 17.4. The van der Waals surface area contributed by atoms with Gasteiger partial charge >= 0.3 is 0 Å². The standard InChI is InChI=1S/C59H72F2N12O7S/c1-36(38-12-14-41(60)15-13-38)47-35-81-57(66-47)49-11-8-23-72(49)59(78)53(67-56(76)37(2)63-3)39-18-25-70(26-19-39)51(75)21-28-80-30-29-79-27-20-43(74)9-6-24-73-55(64-4)52-40-31-50(54(62)65-33-40)71-22-7-10-48(71)45-32-42(61)16-17-44(45)58(77)69(5)34-46(52)68-73/h12-17,31-33,37,39,47-49,53,63H,1,6-11,18-30,34-35H2,2-3,5H3,(H2,62,65)(H,67,76)/t37-,47?,48-,49-,53-/m1/s1. The molecule has 19 nitrogen and oxygen atoms in total. The molecule has 0 saturated carbocycles. The summed E-state index contributed by atoms with van der Waals surface area (Å²) in [5, 5.41) is 11.7. The number of aromatic nitrogens is 3. The quantitative estimate of drug-likeness (QED) is 0.0567. The first kappa shape index (κ1) is 58.6. The van der Waals surface area contributed by atoms with Gasteiger partial charge in [-0.1, -0.05) is 25.3 Å². The molecule has 22 heteroatoms. The number of nitrogen functional groups attached to an aromatic ring is 1. The molecule has 2 aromatic heterocycles. The Hall–Kier alpha value is -7.06. The van der Waals surface area contributed by atoms with E-state index in [9.17, 15) is 32.8 Å². The van der Waals surface area contributed by atoms with Crippen LogP contribution in [-0.4, -0.2) is 161 Å². The molecule has 4 aromatic rings. The van der Waals surface area contributed by atoms with E-state index < -0.39 is 17.9 Å². The number of hydrogen-bond acceptors (Lipinski definition) is 14. The number of thioether (sulfide) groups is 1. The van der Waals surface area contributed by atoms with E-state index in [0.29, 0.717) is 91.3 Å². The largest absolute Gasteiger partial charge is 0.382 e. The number of piperidine rings is 1. The number of nitrogens with zero attached hydrogens (tertiary/aromatic N) is 9. The molecule has 0 radical (unpaired) electrons. The number of rotatable bonds is 21. The maximum absolute atomic E-state index is 14.7. The van der Waals surface area contributed by atoms with Crippen LogP contribution in [0.25, 0.3) is 21.5 Å². The lowest BCUT2D eigenvalue weighted by Gasteiger charge is -2.38. The molecule has 4 N–H and O–H groups in total. The molecule has 7 heterocycles. The second kappa shape index (κ2) is 26.7. The van der Waals surface area contributed by atoms with Gasteiger partial charge in [-0.3, -0.25) is 29.0 Å². The van der Waals surface area contributed by atoms with Crippen LogP contribution >= 0.6 is 11.8 Å². The molecule has 2 aromatic carbocycles. The van der Waals surface area contributed by atoms with E-state index in [4.69, 9.17) is 31.9 Å². The molecule has 0 spiro atoms. The predicted octanol–water partition coefficient (Wildman–Crippen LogP) is 7.00. The van der Waals surface area contributed by atoms with Gasteiger partial charge in [-0.05, 0) is 123 Å². The predicted molar refractivity (Wildman–Crippen MR) is 306 cm³/mol. The van der Waals surface area contributed by atoms with Crippen molar-refractivity contribution in [3.8, 4) is 11.1 Å². The van der Waals surface area contributed by atoms with Crippen molar-refractivity contribution in [1.29, 1.82) is 0 Å². The Bertz CT molecular complexity index is 3070. The van der Waals surface area contributed by atoms with Gasteiger partial charge < -0.3 is 50.3 Å². The number of carbonyl (C=O) groups is 5. The third-order valence-electron chi connectivity index (χ3n) is 16.2. The highest BCUT2D eigenvalue weighted by Crippen LogP contribution is 2.44. The number of ketones is 1. The van der Waals surface area contributed by atoms with E-state index in [0.717, 1.165) is 35.4 Å². The van der Waals surface area contributed by atoms with E-state index in [1.54, 1.807) is 60.7 Å². The molecule has 3 saturated heterocycles. The lowest BCUT2D eigenvalue weighted by molar-refractivity contribution is -0.140. The number of ether oxygens (including phenoxy) is 2. The lowest BCUT2D eigenvalue weighted by atomic mass is 9.88. The first-order chi connectivity index (χ1) is 39.1. The van der Waals surface area contributed by atoms with Crippen LogP contribution in [0.3, 0.4) is 0 Å². The number of anilines is 2. The van der Waals surface area contributed by atoms with E-state index in [1.807, 2.05) is 11.0 Å². The molecular formula is C59H72F2N12O7S. The molecule has 5 aliphatic rings. The molecule has 5 atom stereocenters. The number of Topliss-reactive ketones (excluding diaryl/α,β-unsaturated/α-hetero) is 1. The summed E-state index contributed by atoms with van der Waals surface area (Å²) in [5.74, 6) is -0.509. The highest BCUT2D eigenvalue weighted by molar-refractivity contribution is 8.14. The van der Waals surface area contributed by atoms with Gasteiger partial charge in [0.15, 0.2) is 0 Å². The van der Waals surface area contributed by atoms with Gasteiger partial charge in [-0.25, -0.2) is 13.8 Å². The summed E-state index contributed by atoms with van der Waals surface area (Å²) in [5.41, 5.74) is 11.3. The monoisotopic (exact) mass is 1130 g/mol. The highest BCUT2D eigenvalue weighted by atomic mass is 32.2. The maximum atomic E-state index is 14.7. The zero-order valence-electron chi connectivity index (χ0n) is 46.3. The average Bonchev–Trinajstić information content (AvgIpc) is 4.33. The molecule has 2 bridgehead atoms. The number of aliphatic imine (C=N–C) groups is 1. The fourth-order valence-corrected chi connectivity index (χ4v) is 12.9. The Morgan fingerprint density at radius 1 is 0.926 bits per heavy atom. The van der Waals surface area contributed by atoms with E-state index in [-0.39, 0.29) is 130 Å². The fourth-order valence-electron chi connectivity index (χ4n) is 11.6. The summed E-state index contributed by atoms with van der Waals surface area (Å²) in [6.07, 6.45) is 6.73. The fraction of sp³-hybridized carbons (Fsp3) is 0.508. The Kier molecular flexibility index (Phi) is 19.3. The number of likely N-dealkylation sites (N-methyl/N-ethyl adjacent to an activating group) is 1. The number of aryl methyl sites for hydroxylation is 1. The van der Waals surface area contributed by atoms with Crippen LogP contribution in [0.2, 0.25) is 0 Å². The van der Waals surface area contributed by atoms with Gasteiger partial charge in [-0.2, -0.15) is 4.68 Å².